The van der Waals surface area contributed by atoms with Crippen molar-refractivity contribution < 1.29 is 9.84 Å². The summed E-state index contributed by atoms with van der Waals surface area (Å²) in [6.07, 6.45) is 3.48. The molecule has 1 aliphatic rings. The first kappa shape index (κ1) is 9.52. The van der Waals surface area contributed by atoms with Crippen molar-refractivity contribution >= 4 is 0 Å². The minimum atomic E-state index is -0.410. The predicted octanol–water partition coefficient (Wildman–Crippen LogP) is 1.35. The molecule has 1 fully saturated rings. The van der Waals surface area contributed by atoms with E-state index in [-0.39, 0.29) is 0 Å². The molecule has 0 radical (unpaired) electrons. The molecule has 1 N–H and O–H groups in total. The third-order valence-electron chi connectivity index (χ3n) is 2.71. The molecule has 1 aromatic heterocycles. The van der Waals surface area contributed by atoms with Crippen LogP contribution in [0.5, 0.6) is 5.75 Å². The summed E-state index contributed by atoms with van der Waals surface area (Å²) in [4.78, 5) is 0. The van der Waals surface area contributed by atoms with Gasteiger partial charge in [-0.2, -0.15) is 5.10 Å². The summed E-state index contributed by atoms with van der Waals surface area (Å²) in [5.41, 5.74) is 0.831. The van der Waals surface area contributed by atoms with Gasteiger partial charge < -0.3 is 9.84 Å². The van der Waals surface area contributed by atoms with Crippen molar-refractivity contribution in [2.75, 3.05) is 7.11 Å². The van der Waals surface area contributed by atoms with Crippen molar-refractivity contribution in [1.29, 1.82) is 0 Å². The fourth-order valence-electron chi connectivity index (χ4n) is 1.72. The van der Waals surface area contributed by atoms with Gasteiger partial charge in [-0.1, -0.05) is 0 Å². The van der Waals surface area contributed by atoms with E-state index < -0.39 is 6.10 Å². The van der Waals surface area contributed by atoms with Crippen LogP contribution < -0.4 is 4.74 Å². The first-order valence-corrected chi connectivity index (χ1v) is 5.05. The van der Waals surface area contributed by atoms with Gasteiger partial charge in [0, 0.05) is 6.54 Å². The summed E-state index contributed by atoms with van der Waals surface area (Å²) in [7, 11) is 1.61. The highest BCUT2D eigenvalue weighted by atomic mass is 16.5. The van der Waals surface area contributed by atoms with E-state index in [1.165, 1.54) is 0 Å². The van der Waals surface area contributed by atoms with Crippen LogP contribution in [0.2, 0.25) is 0 Å². The van der Waals surface area contributed by atoms with Crippen LogP contribution in [0.4, 0.5) is 0 Å². The SMILES string of the molecule is CCn1ncc(OC)c1C(O)C1CC1. The number of aliphatic hydroxyl groups excluding tert-OH is 1. The zero-order valence-electron chi connectivity index (χ0n) is 8.60. The number of aliphatic hydroxyl groups is 1. The summed E-state index contributed by atoms with van der Waals surface area (Å²) in [5, 5.41) is 14.2. The molecular formula is C10H16N2O2. The Bertz CT molecular complexity index is 296. The van der Waals surface area contributed by atoms with Crippen LogP contribution in [-0.2, 0) is 6.54 Å². The first-order valence-electron chi connectivity index (χ1n) is 5.05. The number of ether oxygens (including phenoxy) is 1. The van der Waals surface area contributed by atoms with E-state index in [2.05, 4.69) is 5.10 Å². The number of aromatic nitrogens is 2. The van der Waals surface area contributed by atoms with Gasteiger partial charge in [-0.05, 0) is 25.7 Å². The molecule has 2 rings (SSSR count). The van der Waals surface area contributed by atoms with E-state index >= 15 is 0 Å². The van der Waals surface area contributed by atoms with Gasteiger partial charge in [0.25, 0.3) is 0 Å². The number of methoxy groups -OCH3 is 1. The van der Waals surface area contributed by atoms with Crippen molar-refractivity contribution in [3.8, 4) is 5.75 Å². The van der Waals surface area contributed by atoms with Crippen molar-refractivity contribution in [2.45, 2.75) is 32.4 Å². The van der Waals surface area contributed by atoms with E-state index in [1.54, 1.807) is 13.3 Å². The molecule has 0 amide bonds. The average molecular weight is 196 g/mol. The first-order chi connectivity index (χ1) is 6.77. The largest absolute Gasteiger partial charge is 0.493 e. The Morgan fingerprint density at radius 3 is 2.93 bits per heavy atom. The van der Waals surface area contributed by atoms with Crippen molar-refractivity contribution in [3.63, 3.8) is 0 Å². The molecule has 1 atom stereocenters. The Labute approximate surface area is 83.5 Å². The van der Waals surface area contributed by atoms with Crippen LogP contribution in [0.15, 0.2) is 6.20 Å². The van der Waals surface area contributed by atoms with Gasteiger partial charge in [0.2, 0.25) is 0 Å². The zero-order chi connectivity index (χ0) is 10.1. The highest BCUT2D eigenvalue weighted by Crippen LogP contribution is 2.43. The minimum Gasteiger partial charge on any atom is -0.493 e. The van der Waals surface area contributed by atoms with Gasteiger partial charge in [0.1, 0.15) is 11.8 Å². The lowest BCUT2D eigenvalue weighted by Gasteiger charge is -2.12. The van der Waals surface area contributed by atoms with Gasteiger partial charge >= 0.3 is 0 Å². The van der Waals surface area contributed by atoms with Gasteiger partial charge in [0.05, 0.1) is 13.3 Å². The molecule has 4 nitrogen and oxygen atoms in total. The molecule has 1 aromatic rings. The number of hydrogen-bond acceptors (Lipinski definition) is 3. The summed E-state index contributed by atoms with van der Waals surface area (Å²) < 4.78 is 6.99. The average Bonchev–Trinajstić information content (AvgIpc) is 2.96. The molecule has 4 heteroatoms. The molecule has 1 unspecified atom stereocenters. The van der Waals surface area contributed by atoms with E-state index in [9.17, 15) is 5.11 Å². The Kier molecular flexibility index (Phi) is 2.46. The molecular weight excluding hydrogens is 180 g/mol. The summed E-state index contributed by atoms with van der Waals surface area (Å²) in [6, 6.07) is 0. The lowest BCUT2D eigenvalue weighted by molar-refractivity contribution is 0.139. The Balaban J connectivity index is 2.30. The predicted molar refractivity (Wildman–Crippen MR) is 52.1 cm³/mol. The fourth-order valence-corrected chi connectivity index (χ4v) is 1.72. The minimum absolute atomic E-state index is 0.408. The molecule has 0 spiro atoms. The summed E-state index contributed by atoms with van der Waals surface area (Å²) in [5.74, 6) is 1.11. The van der Waals surface area contributed by atoms with E-state index in [0.29, 0.717) is 11.7 Å². The van der Waals surface area contributed by atoms with Crippen LogP contribution in [0.1, 0.15) is 31.6 Å². The lowest BCUT2D eigenvalue weighted by atomic mass is 10.1. The molecule has 1 aliphatic carbocycles. The maximum Gasteiger partial charge on any atom is 0.162 e. The molecule has 0 aliphatic heterocycles. The Hall–Kier alpha value is -1.03. The van der Waals surface area contributed by atoms with Crippen LogP contribution in [-0.4, -0.2) is 22.0 Å². The quantitative estimate of drug-likeness (QED) is 0.790. The molecule has 14 heavy (non-hydrogen) atoms. The van der Waals surface area contributed by atoms with Gasteiger partial charge in [-0.15, -0.1) is 0 Å². The maximum absolute atomic E-state index is 10.0. The van der Waals surface area contributed by atoms with E-state index in [0.717, 1.165) is 25.1 Å². The molecule has 0 bridgehead atoms. The van der Waals surface area contributed by atoms with E-state index in [1.807, 2.05) is 11.6 Å². The second kappa shape index (κ2) is 3.61. The molecule has 1 heterocycles. The highest BCUT2D eigenvalue weighted by Gasteiger charge is 2.34. The Morgan fingerprint density at radius 2 is 2.43 bits per heavy atom. The van der Waals surface area contributed by atoms with Crippen molar-refractivity contribution in [3.05, 3.63) is 11.9 Å². The highest BCUT2D eigenvalue weighted by molar-refractivity contribution is 5.28. The topological polar surface area (TPSA) is 47.3 Å². The Morgan fingerprint density at radius 1 is 1.71 bits per heavy atom. The molecule has 0 saturated heterocycles. The normalized spacial score (nSPS) is 18.2. The number of rotatable bonds is 4. The number of hydrogen-bond donors (Lipinski definition) is 1. The molecule has 78 valence electrons. The van der Waals surface area contributed by atoms with Crippen molar-refractivity contribution in [1.82, 2.24) is 9.78 Å². The van der Waals surface area contributed by atoms with Crippen LogP contribution in [0, 0.1) is 5.92 Å². The fraction of sp³-hybridized carbons (Fsp3) is 0.700. The lowest BCUT2D eigenvalue weighted by Crippen LogP contribution is -2.10. The second-order valence-electron chi connectivity index (χ2n) is 3.70. The van der Waals surface area contributed by atoms with Crippen molar-refractivity contribution in [2.24, 2.45) is 5.92 Å². The zero-order valence-corrected chi connectivity index (χ0v) is 8.60. The van der Waals surface area contributed by atoms with Crippen LogP contribution in [0.3, 0.4) is 0 Å². The van der Waals surface area contributed by atoms with Crippen LogP contribution in [0.25, 0.3) is 0 Å². The standard InChI is InChI=1S/C10H16N2O2/c1-3-12-9(8(14-2)6-11-12)10(13)7-4-5-7/h6-7,10,13H,3-5H2,1-2H3. The monoisotopic (exact) mass is 196 g/mol. The number of nitrogens with zero attached hydrogens (tertiary/aromatic N) is 2. The van der Waals surface area contributed by atoms with E-state index in [4.69, 9.17) is 4.74 Å². The van der Waals surface area contributed by atoms with Gasteiger partial charge in [0.15, 0.2) is 5.75 Å². The maximum atomic E-state index is 10.0. The van der Waals surface area contributed by atoms with Gasteiger partial charge in [-0.3, -0.25) is 4.68 Å². The summed E-state index contributed by atoms with van der Waals surface area (Å²) in [6.45, 7) is 2.78. The smallest absolute Gasteiger partial charge is 0.162 e. The molecule has 0 aromatic carbocycles. The third-order valence-corrected chi connectivity index (χ3v) is 2.71. The summed E-state index contributed by atoms with van der Waals surface area (Å²) >= 11 is 0. The van der Waals surface area contributed by atoms with Gasteiger partial charge in [-0.25, -0.2) is 0 Å². The van der Waals surface area contributed by atoms with Crippen LogP contribution >= 0.6 is 0 Å². The molecule has 1 saturated carbocycles. The second-order valence-corrected chi connectivity index (χ2v) is 3.70. The third kappa shape index (κ3) is 1.50. The number of aryl methyl sites for hydroxylation is 1.